The van der Waals surface area contributed by atoms with E-state index in [2.05, 4.69) is 15.5 Å². The second kappa shape index (κ2) is 7.46. The van der Waals surface area contributed by atoms with Crippen LogP contribution in [0.1, 0.15) is 15.9 Å². The lowest BCUT2D eigenvalue weighted by atomic mass is 10.2. The largest absolute Gasteiger partial charge is 0.502 e. The third kappa shape index (κ3) is 3.89. The molecule has 0 atom stereocenters. The molecular formula is C15H14ClN3O4. The number of benzene rings is 1. The molecule has 2 aromatic rings. The van der Waals surface area contributed by atoms with Gasteiger partial charge in [-0.25, -0.2) is 10.4 Å². The maximum atomic E-state index is 11.9. The van der Waals surface area contributed by atoms with Crippen LogP contribution in [0.25, 0.3) is 0 Å². The Morgan fingerprint density at radius 2 is 2.00 bits per heavy atom. The van der Waals surface area contributed by atoms with Crippen molar-refractivity contribution in [1.82, 2.24) is 10.4 Å². The minimum absolute atomic E-state index is 0.0909. The summed E-state index contributed by atoms with van der Waals surface area (Å²) in [6.45, 7) is 0. The number of aromatic nitrogens is 1. The van der Waals surface area contributed by atoms with E-state index in [1.807, 2.05) is 0 Å². The third-order valence-corrected chi connectivity index (χ3v) is 3.19. The lowest BCUT2D eigenvalue weighted by Crippen LogP contribution is -2.18. The van der Waals surface area contributed by atoms with E-state index in [9.17, 15) is 9.90 Å². The van der Waals surface area contributed by atoms with E-state index >= 15 is 0 Å². The zero-order valence-corrected chi connectivity index (χ0v) is 13.2. The van der Waals surface area contributed by atoms with Crippen LogP contribution in [0.5, 0.6) is 17.2 Å². The van der Waals surface area contributed by atoms with Crippen LogP contribution in [0, 0.1) is 0 Å². The lowest BCUT2D eigenvalue weighted by Gasteiger charge is -2.09. The number of ether oxygens (including phenoxy) is 2. The van der Waals surface area contributed by atoms with Crippen molar-refractivity contribution >= 4 is 23.7 Å². The zero-order valence-electron chi connectivity index (χ0n) is 12.4. The first-order chi connectivity index (χ1) is 11.1. The van der Waals surface area contributed by atoms with Gasteiger partial charge in [0.25, 0.3) is 5.91 Å². The van der Waals surface area contributed by atoms with Crippen molar-refractivity contribution in [3.05, 3.63) is 46.7 Å². The van der Waals surface area contributed by atoms with Crippen molar-refractivity contribution in [1.29, 1.82) is 0 Å². The summed E-state index contributed by atoms with van der Waals surface area (Å²) in [6, 6.07) is 6.22. The normalized spacial score (nSPS) is 10.6. The summed E-state index contributed by atoms with van der Waals surface area (Å²) in [6.07, 6.45) is 2.87. The van der Waals surface area contributed by atoms with Crippen molar-refractivity contribution < 1.29 is 19.4 Å². The summed E-state index contributed by atoms with van der Waals surface area (Å²) in [5.74, 6) is -0.143. The predicted molar refractivity (Wildman–Crippen MR) is 85.5 cm³/mol. The molecule has 0 aliphatic carbocycles. The average Bonchev–Trinajstić information content (AvgIpc) is 2.56. The number of carbonyl (C=O) groups is 1. The Morgan fingerprint density at radius 3 is 2.57 bits per heavy atom. The minimum atomic E-state index is -0.489. The van der Waals surface area contributed by atoms with E-state index in [4.69, 9.17) is 21.1 Å². The van der Waals surface area contributed by atoms with Gasteiger partial charge in [-0.1, -0.05) is 11.6 Å². The van der Waals surface area contributed by atoms with Gasteiger partial charge in [0, 0.05) is 11.8 Å². The molecule has 0 aliphatic heterocycles. The predicted octanol–water partition coefficient (Wildman–Crippen LogP) is 2.22. The van der Waals surface area contributed by atoms with Crippen LogP contribution in [-0.4, -0.2) is 36.4 Å². The molecule has 7 nitrogen and oxygen atoms in total. The standard InChI is InChI=1S/C15H14ClN3O4/c1-22-11-6-9(7-12(23-2)13(11)20)8-18-19-15(21)10-4-3-5-17-14(10)16/h3-8,20H,1-2H3,(H,19,21)/b18-8+. The minimum Gasteiger partial charge on any atom is -0.502 e. The Hall–Kier alpha value is -2.80. The molecule has 1 aromatic carbocycles. The van der Waals surface area contributed by atoms with Gasteiger partial charge in [0.2, 0.25) is 5.75 Å². The topological polar surface area (TPSA) is 93.0 Å². The molecule has 1 amide bonds. The Labute approximate surface area is 137 Å². The van der Waals surface area contributed by atoms with Crippen LogP contribution in [0.4, 0.5) is 0 Å². The molecule has 1 aromatic heterocycles. The molecule has 0 bridgehead atoms. The number of phenolic OH excluding ortho intramolecular Hbond substituents is 1. The van der Waals surface area contributed by atoms with Gasteiger partial charge in [0.05, 0.1) is 26.0 Å². The Bertz CT molecular complexity index is 724. The fourth-order valence-corrected chi connectivity index (χ4v) is 1.97. The molecule has 0 saturated heterocycles. The van der Waals surface area contributed by atoms with Gasteiger partial charge >= 0.3 is 0 Å². The molecule has 0 aliphatic rings. The number of hydrogen-bond donors (Lipinski definition) is 2. The Morgan fingerprint density at radius 1 is 1.35 bits per heavy atom. The highest BCUT2D eigenvalue weighted by molar-refractivity contribution is 6.32. The number of halogens is 1. The molecule has 2 rings (SSSR count). The SMILES string of the molecule is COc1cc(/C=N/NC(=O)c2cccnc2Cl)cc(OC)c1O. The maximum absolute atomic E-state index is 11.9. The highest BCUT2D eigenvalue weighted by Gasteiger charge is 2.11. The number of pyridine rings is 1. The molecular weight excluding hydrogens is 322 g/mol. The number of methoxy groups -OCH3 is 2. The van der Waals surface area contributed by atoms with Crippen molar-refractivity contribution in [3.63, 3.8) is 0 Å². The molecule has 120 valence electrons. The smallest absolute Gasteiger partial charge is 0.274 e. The number of phenols is 1. The monoisotopic (exact) mass is 335 g/mol. The first kappa shape index (κ1) is 16.6. The summed E-state index contributed by atoms with van der Waals surface area (Å²) < 4.78 is 10.1. The van der Waals surface area contributed by atoms with Gasteiger partial charge in [-0.2, -0.15) is 5.10 Å². The number of amides is 1. The summed E-state index contributed by atoms with van der Waals surface area (Å²) >= 11 is 5.83. The quantitative estimate of drug-likeness (QED) is 0.496. The fraction of sp³-hybridized carbons (Fsp3) is 0.133. The molecule has 0 saturated carbocycles. The van der Waals surface area contributed by atoms with Gasteiger partial charge < -0.3 is 14.6 Å². The van der Waals surface area contributed by atoms with Gasteiger partial charge in [-0.05, 0) is 24.3 Å². The lowest BCUT2D eigenvalue weighted by molar-refractivity contribution is 0.0955. The van der Waals surface area contributed by atoms with Crippen LogP contribution >= 0.6 is 11.6 Å². The number of carbonyl (C=O) groups excluding carboxylic acids is 1. The summed E-state index contributed by atoms with van der Waals surface area (Å²) in [5.41, 5.74) is 3.12. The molecule has 0 fully saturated rings. The second-order valence-electron chi connectivity index (χ2n) is 4.31. The highest BCUT2D eigenvalue weighted by Crippen LogP contribution is 2.36. The number of nitrogens with one attached hydrogen (secondary N) is 1. The zero-order chi connectivity index (χ0) is 16.8. The number of hydrogen-bond acceptors (Lipinski definition) is 6. The molecule has 2 N–H and O–H groups in total. The van der Waals surface area contributed by atoms with E-state index in [0.717, 1.165) is 0 Å². The molecule has 0 radical (unpaired) electrons. The van der Waals surface area contributed by atoms with Crippen LogP contribution in [-0.2, 0) is 0 Å². The fourth-order valence-electron chi connectivity index (χ4n) is 1.77. The summed E-state index contributed by atoms with van der Waals surface area (Å²) in [4.78, 5) is 15.7. The van der Waals surface area contributed by atoms with E-state index in [1.54, 1.807) is 18.2 Å². The third-order valence-electron chi connectivity index (χ3n) is 2.89. The van der Waals surface area contributed by atoms with E-state index in [0.29, 0.717) is 5.56 Å². The van der Waals surface area contributed by atoms with E-state index in [-0.39, 0.29) is 28.0 Å². The summed E-state index contributed by atoms with van der Waals surface area (Å²) in [5, 5.41) is 13.7. The number of hydrazone groups is 1. The second-order valence-corrected chi connectivity index (χ2v) is 4.67. The van der Waals surface area contributed by atoms with Crippen molar-refractivity contribution in [2.45, 2.75) is 0 Å². The van der Waals surface area contributed by atoms with Gasteiger partial charge in [-0.3, -0.25) is 4.79 Å². The van der Waals surface area contributed by atoms with Crippen LogP contribution in [0.15, 0.2) is 35.6 Å². The average molecular weight is 336 g/mol. The van der Waals surface area contributed by atoms with Crippen molar-refractivity contribution in [2.75, 3.05) is 14.2 Å². The Balaban J connectivity index is 2.15. The number of nitrogens with zero attached hydrogens (tertiary/aromatic N) is 2. The highest BCUT2D eigenvalue weighted by atomic mass is 35.5. The summed E-state index contributed by atoms with van der Waals surface area (Å²) in [7, 11) is 2.84. The van der Waals surface area contributed by atoms with Crippen LogP contribution in [0.3, 0.4) is 0 Å². The first-order valence-corrected chi connectivity index (χ1v) is 6.83. The van der Waals surface area contributed by atoms with Crippen LogP contribution in [0.2, 0.25) is 5.15 Å². The number of rotatable bonds is 5. The molecule has 0 spiro atoms. The first-order valence-electron chi connectivity index (χ1n) is 6.45. The Kier molecular flexibility index (Phi) is 5.37. The number of aromatic hydroxyl groups is 1. The van der Waals surface area contributed by atoms with Crippen molar-refractivity contribution in [3.8, 4) is 17.2 Å². The van der Waals surface area contributed by atoms with Gasteiger partial charge in [0.1, 0.15) is 5.15 Å². The van der Waals surface area contributed by atoms with Gasteiger partial charge in [0.15, 0.2) is 11.5 Å². The molecule has 0 unspecified atom stereocenters. The maximum Gasteiger partial charge on any atom is 0.274 e. The van der Waals surface area contributed by atoms with Crippen LogP contribution < -0.4 is 14.9 Å². The molecule has 1 heterocycles. The van der Waals surface area contributed by atoms with Crippen molar-refractivity contribution in [2.24, 2.45) is 5.10 Å². The van der Waals surface area contributed by atoms with E-state index < -0.39 is 5.91 Å². The van der Waals surface area contributed by atoms with E-state index in [1.165, 1.54) is 32.7 Å². The molecule has 23 heavy (non-hydrogen) atoms. The molecule has 8 heteroatoms. The van der Waals surface area contributed by atoms with Gasteiger partial charge in [-0.15, -0.1) is 0 Å².